The average molecular weight is 236 g/mol. The van der Waals surface area contributed by atoms with Gasteiger partial charge in [-0.15, -0.1) is 6.58 Å². The highest BCUT2D eigenvalue weighted by Crippen LogP contribution is 2.06. The largest absolute Gasteiger partial charge is 0.351 e. The number of rotatable bonds is 6. The van der Waals surface area contributed by atoms with Gasteiger partial charge in [0.05, 0.1) is 11.7 Å². The molecule has 0 fully saturated rings. The first-order chi connectivity index (χ1) is 8.08. The number of hydrogen-bond acceptors (Lipinski definition) is 3. The first kappa shape index (κ1) is 13.4. The third-order valence-electron chi connectivity index (χ3n) is 2.54. The van der Waals surface area contributed by atoms with E-state index in [4.69, 9.17) is 5.73 Å². The van der Waals surface area contributed by atoms with Crippen LogP contribution in [0.4, 0.5) is 0 Å². The molecular formula is C12H20N4O. The van der Waals surface area contributed by atoms with Crippen molar-refractivity contribution in [2.24, 2.45) is 12.8 Å². The molecule has 94 valence electrons. The fourth-order valence-electron chi connectivity index (χ4n) is 1.63. The second-order valence-electron chi connectivity index (χ2n) is 3.98. The first-order valence-corrected chi connectivity index (χ1v) is 5.74. The zero-order chi connectivity index (χ0) is 12.8. The summed E-state index contributed by atoms with van der Waals surface area (Å²) in [5.74, 6) is -0.157. The van der Waals surface area contributed by atoms with Gasteiger partial charge in [-0.3, -0.25) is 9.48 Å². The number of hydrogen-bond donors (Lipinski definition) is 2. The van der Waals surface area contributed by atoms with E-state index in [0.29, 0.717) is 13.0 Å². The molecular weight excluding hydrogens is 216 g/mol. The molecule has 1 rings (SSSR count). The van der Waals surface area contributed by atoms with Crippen molar-refractivity contribution < 1.29 is 4.79 Å². The van der Waals surface area contributed by atoms with Crippen LogP contribution in [0.5, 0.6) is 0 Å². The van der Waals surface area contributed by atoms with E-state index in [1.165, 1.54) is 0 Å². The fraction of sp³-hybridized carbons (Fsp3) is 0.500. The maximum absolute atomic E-state index is 11.6. The summed E-state index contributed by atoms with van der Waals surface area (Å²) < 4.78 is 1.75. The summed E-state index contributed by atoms with van der Waals surface area (Å²) in [5, 5.41) is 7.11. The lowest BCUT2D eigenvalue weighted by molar-refractivity contribution is -0.122. The summed E-state index contributed by atoms with van der Waals surface area (Å²) in [5.41, 5.74) is 7.70. The zero-order valence-corrected chi connectivity index (χ0v) is 10.4. The molecule has 0 spiro atoms. The minimum Gasteiger partial charge on any atom is -0.351 e. The van der Waals surface area contributed by atoms with Crippen LogP contribution in [0, 0.1) is 0 Å². The van der Waals surface area contributed by atoms with Gasteiger partial charge in [-0.1, -0.05) is 13.0 Å². The molecule has 1 unspecified atom stereocenters. The fourth-order valence-corrected chi connectivity index (χ4v) is 1.63. The molecule has 0 bridgehead atoms. The molecule has 5 nitrogen and oxygen atoms in total. The van der Waals surface area contributed by atoms with Gasteiger partial charge in [-0.25, -0.2) is 0 Å². The Bertz CT molecular complexity index is 397. The Morgan fingerprint density at radius 3 is 3.06 bits per heavy atom. The van der Waals surface area contributed by atoms with E-state index in [2.05, 4.69) is 17.0 Å². The van der Waals surface area contributed by atoms with Crippen molar-refractivity contribution in [1.29, 1.82) is 0 Å². The predicted octanol–water partition coefficient (Wildman–Crippen LogP) is 0.502. The van der Waals surface area contributed by atoms with E-state index in [0.717, 1.165) is 17.7 Å². The Kier molecular flexibility index (Phi) is 4.90. The maximum atomic E-state index is 11.6. The molecule has 0 aliphatic heterocycles. The van der Waals surface area contributed by atoms with E-state index in [-0.39, 0.29) is 5.91 Å². The Balaban J connectivity index is 2.54. The van der Waals surface area contributed by atoms with Crippen molar-refractivity contribution in [3.63, 3.8) is 0 Å². The van der Waals surface area contributed by atoms with Gasteiger partial charge >= 0.3 is 0 Å². The average Bonchev–Trinajstić information content (AvgIpc) is 2.66. The number of aryl methyl sites for hydroxylation is 2. The normalized spacial score (nSPS) is 12.2. The molecule has 1 heterocycles. The maximum Gasteiger partial charge on any atom is 0.237 e. The highest BCUT2D eigenvalue weighted by atomic mass is 16.2. The van der Waals surface area contributed by atoms with Gasteiger partial charge in [-0.05, 0) is 12.8 Å². The van der Waals surface area contributed by atoms with Crippen molar-refractivity contribution in [2.75, 3.05) is 0 Å². The van der Waals surface area contributed by atoms with Crippen LogP contribution >= 0.6 is 0 Å². The topological polar surface area (TPSA) is 72.9 Å². The highest BCUT2D eigenvalue weighted by molar-refractivity contribution is 5.81. The third-order valence-corrected chi connectivity index (χ3v) is 2.54. The van der Waals surface area contributed by atoms with Crippen molar-refractivity contribution in [3.05, 3.63) is 30.1 Å². The molecule has 1 atom stereocenters. The van der Waals surface area contributed by atoms with Gasteiger partial charge < -0.3 is 11.1 Å². The summed E-state index contributed by atoms with van der Waals surface area (Å²) in [6.07, 6.45) is 4.90. The van der Waals surface area contributed by atoms with E-state index < -0.39 is 6.04 Å². The van der Waals surface area contributed by atoms with Crippen molar-refractivity contribution in [1.82, 2.24) is 15.1 Å². The van der Waals surface area contributed by atoms with Crippen LogP contribution in [-0.2, 0) is 24.8 Å². The van der Waals surface area contributed by atoms with Crippen LogP contribution in [-0.4, -0.2) is 21.7 Å². The van der Waals surface area contributed by atoms with Crippen molar-refractivity contribution >= 4 is 5.91 Å². The summed E-state index contributed by atoms with van der Waals surface area (Å²) in [6, 6.07) is -0.519. The molecule has 0 aromatic carbocycles. The molecule has 5 heteroatoms. The van der Waals surface area contributed by atoms with Gasteiger partial charge in [0.15, 0.2) is 0 Å². The third kappa shape index (κ3) is 3.71. The standard InChI is InChI=1S/C12H20N4O/c1-4-6-10(13)12(17)14-7-9-8-16(3)15-11(9)5-2/h4,8,10H,1,5-7,13H2,2-3H3,(H,14,17). The molecule has 1 amide bonds. The number of carbonyl (C=O) groups is 1. The van der Waals surface area contributed by atoms with Gasteiger partial charge in [0, 0.05) is 25.4 Å². The lowest BCUT2D eigenvalue weighted by Gasteiger charge is -2.09. The van der Waals surface area contributed by atoms with Gasteiger partial charge in [0.1, 0.15) is 0 Å². The molecule has 17 heavy (non-hydrogen) atoms. The summed E-state index contributed by atoms with van der Waals surface area (Å²) >= 11 is 0. The van der Waals surface area contributed by atoms with Gasteiger partial charge in [0.2, 0.25) is 5.91 Å². The van der Waals surface area contributed by atoms with E-state index in [1.54, 1.807) is 10.8 Å². The summed E-state index contributed by atoms with van der Waals surface area (Å²) in [6.45, 7) is 6.07. The summed E-state index contributed by atoms with van der Waals surface area (Å²) in [7, 11) is 1.87. The highest BCUT2D eigenvalue weighted by Gasteiger charge is 2.12. The second kappa shape index (κ2) is 6.20. The van der Waals surface area contributed by atoms with E-state index in [1.807, 2.05) is 20.2 Å². The Morgan fingerprint density at radius 2 is 2.47 bits per heavy atom. The lowest BCUT2D eigenvalue weighted by atomic mass is 10.2. The summed E-state index contributed by atoms with van der Waals surface area (Å²) in [4.78, 5) is 11.6. The minimum absolute atomic E-state index is 0.157. The Hall–Kier alpha value is -1.62. The number of aromatic nitrogens is 2. The molecule has 1 aromatic heterocycles. The molecule has 3 N–H and O–H groups in total. The lowest BCUT2D eigenvalue weighted by Crippen LogP contribution is -2.39. The molecule has 1 aromatic rings. The molecule has 0 aliphatic rings. The number of nitrogens with zero attached hydrogens (tertiary/aromatic N) is 2. The zero-order valence-electron chi connectivity index (χ0n) is 10.4. The van der Waals surface area contributed by atoms with Crippen molar-refractivity contribution in [3.8, 4) is 0 Å². The van der Waals surface area contributed by atoms with Crippen LogP contribution in [0.15, 0.2) is 18.9 Å². The first-order valence-electron chi connectivity index (χ1n) is 5.74. The predicted molar refractivity (Wildman–Crippen MR) is 67.2 cm³/mol. The number of nitrogens with one attached hydrogen (secondary N) is 1. The van der Waals surface area contributed by atoms with Crippen LogP contribution in [0.25, 0.3) is 0 Å². The number of carbonyl (C=O) groups excluding carboxylic acids is 1. The monoisotopic (exact) mass is 236 g/mol. The molecule has 0 aliphatic carbocycles. The van der Waals surface area contributed by atoms with Gasteiger partial charge in [-0.2, -0.15) is 5.10 Å². The molecule has 0 radical (unpaired) electrons. The molecule has 0 saturated carbocycles. The van der Waals surface area contributed by atoms with Crippen molar-refractivity contribution in [2.45, 2.75) is 32.4 Å². The van der Waals surface area contributed by atoms with Crippen LogP contribution in [0.3, 0.4) is 0 Å². The van der Waals surface area contributed by atoms with Crippen LogP contribution < -0.4 is 11.1 Å². The quantitative estimate of drug-likeness (QED) is 0.706. The van der Waals surface area contributed by atoms with Crippen LogP contribution in [0.1, 0.15) is 24.6 Å². The smallest absolute Gasteiger partial charge is 0.237 e. The molecule has 0 saturated heterocycles. The van der Waals surface area contributed by atoms with Gasteiger partial charge in [0.25, 0.3) is 0 Å². The number of amides is 1. The number of nitrogens with two attached hydrogens (primary N) is 1. The van der Waals surface area contributed by atoms with E-state index >= 15 is 0 Å². The Labute approximate surface area is 102 Å². The van der Waals surface area contributed by atoms with Crippen LogP contribution in [0.2, 0.25) is 0 Å². The SMILES string of the molecule is C=CCC(N)C(=O)NCc1cn(C)nc1CC. The Morgan fingerprint density at radius 1 is 1.76 bits per heavy atom. The second-order valence-corrected chi connectivity index (χ2v) is 3.98. The van der Waals surface area contributed by atoms with E-state index in [9.17, 15) is 4.79 Å². The minimum atomic E-state index is -0.519.